The van der Waals surface area contributed by atoms with E-state index in [1.807, 2.05) is 19.2 Å². The molecule has 0 spiro atoms. The Labute approximate surface area is 92.4 Å². The van der Waals surface area contributed by atoms with E-state index in [1.54, 1.807) is 17.5 Å². The lowest BCUT2D eigenvalue weighted by Crippen LogP contribution is -2.01. The van der Waals surface area contributed by atoms with Crippen molar-refractivity contribution in [1.82, 2.24) is 15.2 Å². The minimum atomic E-state index is 0.744. The minimum absolute atomic E-state index is 0.744. The molecule has 2 heterocycles. The number of nitrogens with zero attached hydrogens (tertiary/aromatic N) is 3. The molecule has 4 nitrogen and oxygen atoms in total. The first kappa shape index (κ1) is 10.0. The topological polar surface area (TPSA) is 50.7 Å². The third kappa shape index (κ3) is 2.50. The summed E-state index contributed by atoms with van der Waals surface area (Å²) in [4.78, 5) is 4.09. The summed E-state index contributed by atoms with van der Waals surface area (Å²) in [6.07, 6.45) is 3.67. The molecular formula is C10H12N4S. The summed E-state index contributed by atoms with van der Waals surface area (Å²) >= 11 is 1.56. The first-order valence-electron chi connectivity index (χ1n) is 4.69. The van der Waals surface area contributed by atoms with Crippen molar-refractivity contribution in [1.29, 1.82) is 0 Å². The van der Waals surface area contributed by atoms with Crippen molar-refractivity contribution in [3.63, 3.8) is 0 Å². The fourth-order valence-electron chi connectivity index (χ4n) is 1.22. The van der Waals surface area contributed by atoms with Gasteiger partial charge < -0.3 is 5.32 Å². The molecule has 0 radical (unpaired) electrons. The van der Waals surface area contributed by atoms with Gasteiger partial charge >= 0.3 is 0 Å². The Morgan fingerprint density at radius 3 is 2.87 bits per heavy atom. The Morgan fingerprint density at radius 2 is 2.20 bits per heavy atom. The number of aryl methyl sites for hydroxylation is 2. The number of aromatic nitrogens is 3. The lowest BCUT2D eigenvalue weighted by molar-refractivity contribution is 1.01. The van der Waals surface area contributed by atoms with Gasteiger partial charge in [0.25, 0.3) is 0 Å². The van der Waals surface area contributed by atoms with E-state index < -0.39 is 0 Å². The molecule has 0 saturated carbocycles. The van der Waals surface area contributed by atoms with Gasteiger partial charge in [0.1, 0.15) is 5.01 Å². The van der Waals surface area contributed by atoms with E-state index in [0.717, 1.165) is 16.7 Å². The second-order valence-electron chi connectivity index (χ2n) is 3.28. The van der Waals surface area contributed by atoms with E-state index in [4.69, 9.17) is 0 Å². The SMILES string of the molecule is Cc1nnc(NCc2cnccc2C)s1. The molecular weight excluding hydrogens is 208 g/mol. The lowest BCUT2D eigenvalue weighted by atomic mass is 10.2. The van der Waals surface area contributed by atoms with Gasteiger partial charge in [0.15, 0.2) is 0 Å². The molecule has 15 heavy (non-hydrogen) atoms. The summed E-state index contributed by atoms with van der Waals surface area (Å²) in [6, 6.07) is 2.00. The van der Waals surface area contributed by atoms with E-state index in [9.17, 15) is 0 Å². The van der Waals surface area contributed by atoms with Crippen LogP contribution in [0.15, 0.2) is 18.5 Å². The molecule has 2 aromatic heterocycles. The third-order valence-corrected chi connectivity index (χ3v) is 2.90. The van der Waals surface area contributed by atoms with Gasteiger partial charge in [-0.25, -0.2) is 0 Å². The molecule has 0 aliphatic rings. The molecule has 0 aromatic carbocycles. The van der Waals surface area contributed by atoms with E-state index in [1.165, 1.54) is 11.1 Å². The Balaban J connectivity index is 2.02. The summed E-state index contributed by atoms with van der Waals surface area (Å²) in [5.74, 6) is 0. The highest BCUT2D eigenvalue weighted by molar-refractivity contribution is 7.15. The van der Waals surface area contributed by atoms with Gasteiger partial charge in [-0.1, -0.05) is 11.3 Å². The number of nitrogens with one attached hydrogen (secondary N) is 1. The third-order valence-electron chi connectivity index (χ3n) is 2.10. The minimum Gasteiger partial charge on any atom is -0.356 e. The van der Waals surface area contributed by atoms with Crippen molar-refractivity contribution in [2.24, 2.45) is 0 Å². The maximum atomic E-state index is 4.09. The van der Waals surface area contributed by atoms with Gasteiger partial charge in [0.2, 0.25) is 5.13 Å². The zero-order chi connectivity index (χ0) is 10.7. The van der Waals surface area contributed by atoms with Gasteiger partial charge in [0, 0.05) is 18.9 Å². The second-order valence-corrected chi connectivity index (χ2v) is 4.46. The van der Waals surface area contributed by atoms with Crippen molar-refractivity contribution in [2.75, 3.05) is 5.32 Å². The van der Waals surface area contributed by atoms with Crippen LogP contribution >= 0.6 is 11.3 Å². The van der Waals surface area contributed by atoms with Crippen molar-refractivity contribution in [3.8, 4) is 0 Å². The fourth-order valence-corrected chi connectivity index (χ4v) is 1.81. The molecule has 0 bridgehead atoms. The van der Waals surface area contributed by atoms with Crippen LogP contribution in [0.1, 0.15) is 16.1 Å². The average molecular weight is 220 g/mol. The zero-order valence-corrected chi connectivity index (χ0v) is 9.51. The zero-order valence-electron chi connectivity index (χ0n) is 8.69. The Hall–Kier alpha value is -1.49. The van der Waals surface area contributed by atoms with Crippen molar-refractivity contribution < 1.29 is 0 Å². The highest BCUT2D eigenvalue weighted by Gasteiger charge is 2.01. The van der Waals surface area contributed by atoms with Crippen LogP contribution in [0.3, 0.4) is 0 Å². The number of hydrogen-bond acceptors (Lipinski definition) is 5. The van der Waals surface area contributed by atoms with Crippen LogP contribution < -0.4 is 5.32 Å². The van der Waals surface area contributed by atoms with E-state index in [2.05, 4.69) is 27.4 Å². The highest BCUT2D eigenvalue weighted by atomic mass is 32.1. The van der Waals surface area contributed by atoms with Crippen molar-refractivity contribution in [3.05, 3.63) is 34.6 Å². The van der Waals surface area contributed by atoms with Crippen LogP contribution in [0.25, 0.3) is 0 Å². The Morgan fingerprint density at radius 1 is 1.33 bits per heavy atom. The van der Waals surface area contributed by atoms with Gasteiger partial charge in [-0.05, 0) is 31.0 Å². The van der Waals surface area contributed by atoms with Gasteiger partial charge in [-0.3, -0.25) is 4.98 Å². The van der Waals surface area contributed by atoms with Gasteiger partial charge in [-0.15, -0.1) is 10.2 Å². The monoisotopic (exact) mass is 220 g/mol. The van der Waals surface area contributed by atoms with Gasteiger partial charge in [0.05, 0.1) is 0 Å². The van der Waals surface area contributed by atoms with Crippen LogP contribution in [0.2, 0.25) is 0 Å². The number of anilines is 1. The molecule has 0 fully saturated rings. The number of rotatable bonds is 3. The quantitative estimate of drug-likeness (QED) is 0.861. The summed E-state index contributed by atoms with van der Waals surface area (Å²) in [6.45, 7) is 4.76. The molecule has 0 aliphatic heterocycles. The summed E-state index contributed by atoms with van der Waals surface area (Å²) < 4.78 is 0. The molecule has 0 atom stereocenters. The van der Waals surface area contributed by atoms with Crippen LogP contribution in [0.4, 0.5) is 5.13 Å². The van der Waals surface area contributed by atoms with Gasteiger partial charge in [-0.2, -0.15) is 0 Å². The highest BCUT2D eigenvalue weighted by Crippen LogP contribution is 2.15. The average Bonchev–Trinajstić information content (AvgIpc) is 2.63. The van der Waals surface area contributed by atoms with Crippen LogP contribution in [0.5, 0.6) is 0 Å². The van der Waals surface area contributed by atoms with Crippen LogP contribution in [-0.4, -0.2) is 15.2 Å². The molecule has 0 saturated heterocycles. The van der Waals surface area contributed by atoms with Crippen LogP contribution in [0, 0.1) is 13.8 Å². The maximum Gasteiger partial charge on any atom is 0.205 e. The maximum absolute atomic E-state index is 4.09. The molecule has 0 aliphatic carbocycles. The van der Waals surface area contributed by atoms with E-state index in [-0.39, 0.29) is 0 Å². The smallest absolute Gasteiger partial charge is 0.205 e. The molecule has 0 unspecified atom stereocenters. The van der Waals surface area contributed by atoms with Crippen LogP contribution in [-0.2, 0) is 6.54 Å². The first-order chi connectivity index (χ1) is 7.25. The molecule has 2 aromatic rings. The Bertz CT molecular complexity index is 452. The largest absolute Gasteiger partial charge is 0.356 e. The standard InChI is InChI=1S/C10H12N4S/c1-7-3-4-11-5-9(7)6-12-10-14-13-8(2)15-10/h3-5H,6H2,1-2H3,(H,12,14). The van der Waals surface area contributed by atoms with E-state index in [0.29, 0.717) is 0 Å². The van der Waals surface area contributed by atoms with Crippen molar-refractivity contribution >= 4 is 16.5 Å². The van der Waals surface area contributed by atoms with E-state index >= 15 is 0 Å². The molecule has 2 rings (SSSR count). The predicted octanol–water partition coefficient (Wildman–Crippen LogP) is 2.16. The number of hydrogen-bond donors (Lipinski definition) is 1. The lowest BCUT2D eigenvalue weighted by Gasteiger charge is -2.04. The van der Waals surface area contributed by atoms with Crippen molar-refractivity contribution in [2.45, 2.75) is 20.4 Å². The Kier molecular flexibility index (Phi) is 2.91. The molecule has 1 N–H and O–H groups in total. The summed E-state index contributed by atoms with van der Waals surface area (Å²) in [5, 5.41) is 13.0. The summed E-state index contributed by atoms with van der Waals surface area (Å²) in [7, 11) is 0. The molecule has 5 heteroatoms. The number of pyridine rings is 1. The fraction of sp³-hybridized carbons (Fsp3) is 0.300. The summed E-state index contributed by atoms with van der Waals surface area (Å²) in [5.41, 5.74) is 2.42. The normalized spacial score (nSPS) is 10.3. The first-order valence-corrected chi connectivity index (χ1v) is 5.51. The predicted molar refractivity (Wildman–Crippen MR) is 60.9 cm³/mol. The molecule has 78 valence electrons. The molecule has 0 amide bonds. The second kappa shape index (κ2) is 4.35.